The van der Waals surface area contributed by atoms with Gasteiger partial charge in [0.05, 0.1) is 0 Å². The van der Waals surface area contributed by atoms with Crippen LogP contribution in [0.1, 0.15) is 33.6 Å². The molecule has 3 heteroatoms. The van der Waals surface area contributed by atoms with Crippen molar-refractivity contribution in [3.63, 3.8) is 0 Å². The summed E-state index contributed by atoms with van der Waals surface area (Å²) in [6.07, 6.45) is 1.37. The van der Waals surface area contributed by atoms with Crippen molar-refractivity contribution in [2.24, 2.45) is 11.3 Å². The minimum absolute atomic E-state index is 0. The molecule has 0 N–H and O–H groups in total. The summed E-state index contributed by atoms with van der Waals surface area (Å²) < 4.78 is 0. The zero-order chi connectivity index (χ0) is 10.9. The first-order chi connectivity index (χ1) is 6.36. The van der Waals surface area contributed by atoms with E-state index in [2.05, 4.69) is 34.6 Å². The SMILES string of the molecule is [CH2-]CC(=O)N1CC(C(C)(C)C)CC1[CH2-].[Y]. The second-order valence-electron chi connectivity index (χ2n) is 5.25. The van der Waals surface area contributed by atoms with Crippen molar-refractivity contribution in [1.82, 2.24) is 4.90 Å². The molecule has 0 spiro atoms. The van der Waals surface area contributed by atoms with Crippen LogP contribution in [0.3, 0.4) is 0 Å². The van der Waals surface area contributed by atoms with Crippen molar-refractivity contribution in [3.05, 3.63) is 13.8 Å². The van der Waals surface area contributed by atoms with E-state index in [0.717, 1.165) is 13.0 Å². The third kappa shape index (κ3) is 3.82. The van der Waals surface area contributed by atoms with E-state index >= 15 is 0 Å². The molecule has 2 atom stereocenters. The number of rotatable bonds is 1. The van der Waals surface area contributed by atoms with Gasteiger partial charge in [-0.15, -0.1) is 6.42 Å². The van der Waals surface area contributed by atoms with Crippen molar-refractivity contribution in [1.29, 1.82) is 0 Å². The average Bonchev–Trinajstić information content (AvgIpc) is 2.45. The molecular formula is C12H21NOY-2. The third-order valence-corrected chi connectivity index (χ3v) is 3.17. The van der Waals surface area contributed by atoms with Gasteiger partial charge in [0.25, 0.3) is 0 Å². The Morgan fingerprint density at radius 3 is 2.33 bits per heavy atom. The van der Waals surface area contributed by atoms with Crippen molar-refractivity contribution in [2.45, 2.75) is 39.7 Å². The first-order valence-corrected chi connectivity index (χ1v) is 5.28. The molecule has 0 bridgehead atoms. The number of nitrogens with zero attached hydrogens (tertiary/aromatic N) is 1. The minimum atomic E-state index is 0. The standard InChI is InChI=1S/C12H21NO.Y/c1-6-11(14)13-8-10(7-9(13)2)12(3,4)5;/h9-10H,1-2,6-8H2,3-5H3;/q-2;. The summed E-state index contributed by atoms with van der Waals surface area (Å²) in [5.41, 5.74) is 0.270. The molecule has 1 fully saturated rings. The largest absolute Gasteiger partial charge is 0.372 e. The van der Waals surface area contributed by atoms with Crippen LogP contribution in [0.25, 0.3) is 0 Å². The third-order valence-electron chi connectivity index (χ3n) is 3.17. The Hall–Kier alpha value is 0.574. The molecule has 85 valence electrons. The van der Waals surface area contributed by atoms with E-state index in [4.69, 9.17) is 0 Å². The fourth-order valence-corrected chi connectivity index (χ4v) is 1.99. The summed E-state index contributed by atoms with van der Waals surface area (Å²) in [5.74, 6) is 0.706. The van der Waals surface area contributed by atoms with Crippen LogP contribution in [-0.4, -0.2) is 23.4 Å². The Bertz CT molecular complexity index is 222. The maximum absolute atomic E-state index is 11.5. The Kier molecular flexibility index (Phi) is 5.99. The molecule has 0 aromatic carbocycles. The van der Waals surface area contributed by atoms with E-state index in [1.807, 2.05) is 4.90 Å². The smallest absolute Gasteiger partial charge is 0.190 e. The van der Waals surface area contributed by atoms with Crippen LogP contribution in [0.2, 0.25) is 0 Å². The Balaban J connectivity index is 0.00000196. The van der Waals surface area contributed by atoms with Gasteiger partial charge in [0.15, 0.2) is 5.91 Å². The second kappa shape index (κ2) is 5.77. The van der Waals surface area contributed by atoms with Crippen molar-refractivity contribution < 1.29 is 37.5 Å². The molecule has 1 heterocycles. The van der Waals surface area contributed by atoms with E-state index in [1.165, 1.54) is 0 Å². The Morgan fingerprint density at radius 1 is 1.47 bits per heavy atom. The Labute approximate surface area is 119 Å². The summed E-state index contributed by atoms with van der Waals surface area (Å²) in [6, 6.07) is 0.147. The summed E-state index contributed by atoms with van der Waals surface area (Å²) in [5, 5.41) is 0. The maximum atomic E-state index is 11.5. The summed E-state index contributed by atoms with van der Waals surface area (Å²) in [4.78, 5) is 13.4. The average molecular weight is 284 g/mol. The molecule has 0 aromatic heterocycles. The van der Waals surface area contributed by atoms with Crippen LogP contribution < -0.4 is 0 Å². The molecule has 1 aliphatic rings. The van der Waals surface area contributed by atoms with E-state index in [0.29, 0.717) is 12.3 Å². The van der Waals surface area contributed by atoms with Crippen molar-refractivity contribution in [2.75, 3.05) is 6.54 Å². The molecule has 1 amide bonds. The van der Waals surface area contributed by atoms with Gasteiger partial charge in [0.1, 0.15) is 0 Å². The fourth-order valence-electron chi connectivity index (χ4n) is 1.99. The van der Waals surface area contributed by atoms with Crippen molar-refractivity contribution in [3.8, 4) is 0 Å². The van der Waals surface area contributed by atoms with E-state index in [-0.39, 0.29) is 50.1 Å². The molecule has 1 rings (SSSR count). The van der Waals surface area contributed by atoms with Gasteiger partial charge in [-0.1, -0.05) is 33.2 Å². The molecule has 2 nitrogen and oxygen atoms in total. The zero-order valence-corrected chi connectivity index (χ0v) is 13.0. The number of carbonyl (C=O) groups excluding carboxylic acids is 1. The van der Waals surface area contributed by atoms with E-state index in [1.54, 1.807) is 0 Å². The molecule has 2 unspecified atom stereocenters. The molecule has 0 aliphatic carbocycles. The first-order valence-electron chi connectivity index (χ1n) is 5.28. The number of hydrogen-bond acceptors (Lipinski definition) is 1. The number of likely N-dealkylation sites (tertiary alicyclic amines) is 1. The fraction of sp³-hybridized carbons (Fsp3) is 0.750. The summed E-state index contributed by atoms with van der Waals surface area (Å²) in [6.45, 7) is 15.2. The van der Waals surface area contributed by atoms with Gasteiger partial charge in [-0.3, -0.25) is 4.79 Å². The van der Waals surface area contributed by atoms with Gasteiger partial charge in [-0.25, -0.2) is 0 Å². The second-order valence-corrected chi connectivity index (χ2v) is 5.25. The summed E-state index contributed by atoms with van der Waals surface area (Å²) >= 11 is 0. The maximum Gasteiger partial charge on any atom is 0.190 e. The van der Waals surface area contributed by atoms with Crippen LogP contribution in [0.15, 0.2) is 0 Å². The van der Waals surface area contributed by atoms with Crippen LogP contribution in [0.5, 0.6) is 0 Å². The molecule has 15 heavy (non-hydrogen) atoms. The van der Waals surface area contributed by atoms with Crippen LogP contribution in [0.4, 0.5) is 0 Å². The minimum Gasteiger partial charge on any atom is -0.372 e. The zero-order valence-electron chi connectivity index (χ0n) is 10.1. The van der Waals surface area contributed by atoms with Gasteiger partial charge in [0, 0.05) is 39.3 Å². The first kappa shape index (κ1) is 15.6. The van der Waals surface area contributed by atoms with Gasteiger partial charge in [0.2, 0.25) is 0 Å². The molecule has 1 aliphatic heterocycles. The van der Waals surface area contributed by atoms with Gasteiger partial charge in [-0.2, -0.15) is 0 Å². The van der Waals surface area contributed by atoms with Crippen LogP contribution >= 0.6 is 0 Å². The summed E-state index contributed by atoms with van der Waals surface area (Å²) in [7, 11) is 0. The quantitative estimate of drug-likeness (QED) is 0.677. The van der Waals surface area contributed by atoms with Gasteiger partial charge in [-0.05, 0) is 11.3 Å². The van der Waals surface area contributed by atoms with Gasteiger partial charge < -0.3 is 18.7 Å². The van der Waals surface area contributed by atoms with Crippen molar-refractivity contribution >= 4 is 5.91 Å². The number of carbonyl (C=O) groups is 1. The van der Waals surface area contributed by atoms with Crippen LogP contribution in [0, 0.1) is 25.2 Å². The predicted molar refractivity (Wildman–Crippen MR) is 58.4 cm³/mol. The molecule has 0 saturated carbocycles. The Morgan fingerprint density at radius 2 is 2.00 bits per heavy atom. The molecule has 0 aromatic rings. The van der Waals surface area contributed by atoms with E-state index in [9.17, 15) is 4.79 Å². The topological polar surface area (TPSA) is 20.3 Å². The predicted octanol–water partition coefficient (Wildman–Crippen LogP) is 2.31. The monoisotopic (exact) mass is 284 g/mol. The van der Waals surface area contributed by atoms with Crippen LogP contribution in [-0.2, 0) is 37.5 Å². The number of hydrogen-bond donors (Lipinski definition) is 0. The number of amides is 1. The molecule has 1 saturated heterocycles. The van der Waals surface area contributed by atoms with Gasteiger partial charge >= 0.3 is 0 Å². The normalized spacial score (nSPS) is 26.3. The molecular weight excluding hydrogens is 263 g/mol. The van der Waals surface area contributed by atoms with E-state index < -0.39 is 0 Å². The molecule has 1 radical (unpaired) electrons.